The van der Waals surface area contributed by atoms with Crippen LogP contribution >= 0.6 is 0 Å². The first-order valence-electron chi connectivity index (χ1n) is 24.4. The fraction of sp³-hybridized carbons (Fsp3) is 0.109. The van der Waals surface area contributed by atoms with Gasteiger partial charge >= 0.3 is 41.8 Å². The Balaban J connectivity index is 1.20. The Bertz CT molecular complexity index is 4140. The molecule has 1 saturated heterocycles. The standard InChI is InChI=1S/C55H38O34/c56-21-1-14(2-22(57)36(21)66)48(75)83-31-9-17(7-27(62)39(31)69)51(78)87-46-45-33(13-82-53(80)19-11-29(64)41(71)43(73)34(19)35-20(54(81)86-45)12-30(65)42(72)44(35)74)85-55(47(46)88-50(77)16-5-25(60)38(68)26(61)6-16)89-52(79)18-8-28(63)40(70)32(10-18)84-49(76)15-3-23(58)37(67)24(59)4-15/h1-12,33,45-47,55-74H,13H2/t33-,45-,46+,47-,55+/m1/s1. The Morgan fingerprint density at radius 2 is 0.663 bits per heavy atom. The van der Waals surface area contributed by atoms with Crippen LogP contribution in [0.5, 0.6) is 121 Å². The molecule has 0 radical (unpaired) electrons. The third kappa shape index (κ3) is 11.3. The van der Waals surface area contributed by atoms with Crippen LogP contribution in [0.2, 0.25) is 0 Å². The number of fused-ring (bicyclic) bond motifs is 4. The first kappa shape index (κ1) is 60.6. The van der Waals surface area contributed by atoms with E-state index < -0.39 is 250 Å². The lowest BCUT2D eigenvalue weighted by molar-refractivity contribution is -0.282. The highest BCUT2D eigenvalue weighted by atomic mass is 16.7. The number of carbonyl (C=O) groups excluding carboxylic acids is 7. The lowest BCUT2D eigenvalue weighted by Gasteiger charge is -2.43. The predicted molar refractivity (Wildman–Crippen MR) is 278 cm³/mol. The van der Waals surface area contributed by atoms with Crippen LogP contribution in [-0.2, 0) is 28.4 Å². The van der Waals surface area contributed by atoms with Gasteiger partial charge in [-0.1, -0.05) is 0 Å². The average molecular weight is 1240 g/mol. The maximum absolute atomic E-state index is 14.8. The summed E-state index contributed by atoms with van der Waals surface area (Å²) in [5.74, 6) is -38.5. The molecule has 0 amide bonds. The molecule has 2 aliphatic rings. The lowest BCUT2D eigenvalue weighted by atomic mass is 9.92. The van der Waals surface area contributed by atoms with Crippen molar-refractivity contribution >= 4 is 41.8 Å². The van der Waals surface area contributed by atoms with Crippen LogP contribution in [0.3, 0.4) is 0 Å². The highest BCUT2D eigenvalue weighted by Gasteiger charge is 2.55. The third-order valence-corrected chi connectivity index (χ3v) is 13.0. The largest absolute Gasteiger partial charge is 0.504 e. The number of aromatic hydroxyl groups is 19. The number of rotatable bonds is 10. The molecule has 0 unspecified atom stereocenters. The fourth-order valence-electron chi connectivity index (χ4n) is 8.67. The number of hydrogen-bond donors (Lipinski definition) is 19. The second-order valence-corrected chi connectivity index (χ2v) is 18.7. The summed E-state index contributed by atoms with van der Waals surface area (Å²) in [7, 11) is 0. The summed E-state index contributed by atoms with van der Waals surface area (Å²) in [6.45, 7) is -1.43. The van der Waals surface area contributed by atoms with Crippen LogP contribution in [0.1, 0.15) is 72.5 Å². The van der Waals surface area contributed by atoms with Crippen LogP contribution in [-0.4, -0.2) is 176 Å². The second kappa shape index (κ2) is 22.9. The molecule has 7 aromatic rings. The summed E-state index contributed by atoms with van der Waals surface area (Å²) in [6, 6.07) is 5.71. The van der Waals surface area contributed by atoms with Crippen LogP contribution in [0.4, 0.5) is 0 Å². The quantitative estimate of drug-likeness (QED) is 0.0405. The van der Waals surface area contributed by atoms with Crippen molar-refractivity contribution in [1.82, 2.24) is 0 Å². The monoisotopic (exact) mass is 1240 g/mol. The van der Waals surface area contributed by atoms with Crippen molar-refractivity contribution < 1.29 is 168 Å². The van der Waals surface area contributed by atoms with Gasteiger partial charge < -0.3 is 135 Å². The van der Waals surface area contributed by atoms with Crippen LogP contribution in [0, 0.1) is 0 Å². The predicted octanol–water partition coefficient (Wildman–Crippen LogP) is 2.93. The molecule has 0 saturated carbocycles. The summed E-state index contributed by atoms with van der Waals surface area (Å²) in [6.07, 6.45) is -13.4. The van der Waals surface area contributed by atoms with E-state index in [-0.39, 0.29) is 0 Å². The number of benzene rings is 7. The van der Waals surface area contributed by atoms with Gasteiger partial charge in [-0.25, -0.2) is 33.6 Å². The number of hydrogen-bond acceptors (Lipinski definition) is 34. The van der Waals surface area contributed by atoms with Gasteiger partial charge in [-0.3, -0.25) is 0 Å². The summed E-state index contributed by atoms with van der Waals surface area (Å²) in [5, 5.41) is 198. The first-order valence-corrected chi connectivity index (χ1v) is 24.4. The molecule has 5 atom stereocenters. The molecule has 34 heteroatoms. The summed E-state index contributed by atoms with van der Waals surface area (Å²) >= 11 is 0. The van der Waals surface area contributed by atoms with Crippen molar-refractivity contribution in [2.24, 2.45) is 0 Å². The molecule has 89 heavy (non-hydrogen) atoms. The second-order valence-electron chi connectivity index (χ2n) is 18.7. The van der Waals surface area contributed by atoms with Gasteiger partial charge in [-0.2, -0.15) is 0 Å². The van der Waals surface area contributed by atoms with Gasteiger partial charge in [0.05, 0.1) is 38.9 Å². The molecule has 9 rings (SSSR count). The Hall–Kier alpha value is -13.0. The van der Waals surface area contributed by atoms with Crippen LogP contribution in [0.15, 0.2) is 72.8 Å². The number of cyclic esters (lactones) is 1. The molecule has 34 nitrogen and oxygen atoms in total. The molecule has 19 N–H and O–H groups in total. The van der Waals surface area contributed by atoms with E-state index in [0.29, 0.717) is 72.8 Å². The zero-order valence-corrected chi connectivity index (χ0v) is 43.6. The van der Waals surface area contributed by atoms with E-state index >= 15 is 0 Å². The molecule has 7 aromatic carbocycles. The molecule has 0 bridgehead atoms. The summed E-state index contributed by atoms with van der Waals surface area (Å²) < 4.78 is 44.3. The fourth-order valence-corrected chi connectivity index (χ4v) is 8.67. The Kier molecular flexibility index (Phi) is 15.6. The Morgan fingerprint density at radius 1 is 0.348 bits per heavy atom. The third-order valence-electron chi connectivity index (χ3n) is 13.0. The number of phenols is 19. The van der Waals surface area contributed by atoms with Crippen molar-refractivity contribution in [1.29, 1.82) is 0 Å². The van der Waals surface area contributed by atoms with Gasteiger partial charge in [0.15, 0.2) is 110 Å². The molecule has 0 aliphatic carbocycles. The minimum Gasteiger partial charge on any atom is -0.504 e. The molecule has 1 fully saturated rings. The van der Waals surface area contributed by atoms with Crippen LogP contribution < -0.4 is 9.47 Å². The maximum Gasteiger partial charge on any atom is 0.343 e. The number of ether oxygens (including phenoxy) is 8. The average Bonchev–Trinajstić information content (AvgIpc) is 2.17. The normalized spacial score (nSPS) is 17.0. The van der Waals surface area contributed by atoms with Crippen molar-refractivity contribution in [3.8, 4) is 132 Å². The van der Waals surface area contributed by atoms with E-state index in [0.717, 1.165) is 0 Å². The van der Waals surface area contributed by atoms with Gasteiger partial charge in [-0.15, -0.1) is 0 Å². The number of phenolic OH excluding ortho intramolecular Hbond substituents is 19. The molecule has 462 valence electrons. The zero-order chi connectivity index (χ0) is 65.1. The van der Waals surface area contributed by atoms with E-state index in [1.54, 1.807) is 0 Å². The van der Waals surface area contributed by atoms with E-state index in [4.69, 9.17) is 37.9 Å². The van der Waals surface area contributed by atoms with Crippen molar-refractivity contribution in [2.75, 3.05) is 6.61 Å². The van der Waals surface area contributed by atoms with Gasteiger partial charge in [0.25, 0.3) is 0 Å². The lowest BCUT2D eigenvalue weighted by Crippen LogP contribution is -2.63. The maximum atomic E-state index is 14.8. The molecule has 0 aromatic heterocycles. The smallest absolute Gasteiger partial charge is 0.343 e. The van der Waals surface area contributed by atoms with E-state index in [1.165, 1.54) is 0 Å². The zero-order valence-electron chi connectivity index (χ0n) is 43.6. The van der Waals surface area contributed by atoms with Crippen LogP contribution in [0.25, 0.3) is 11.1 Å². The number of carbonyl (C=O) groups is 7. The van der Waals surface area contributed by atoms with Gasteiger partial charge in [0, 0.05) is 11.1 Å². The van der Waals surface area contributed by atoms with E-state index in [2.05, 4.69) is 0 Å². The van der Waals surface area contributed by atoms with Crippen molar-refractivity contribution in [3.05, 3.63) is 112 Å². The number of esters is 7. The molecule has 0 spiro atoms. The SMILES string of the molecule is O=C(Oc1cc(C(=O)O[C@@H]2O[C@@H]3COC(=O)c4cc(O)c(O)c(O)c4-c4c(cc(O)c(O)c4O)C(=O)O[C@H]3[C@H](OC(=O)c3cc(O)c(O)c(OC(=O)c4cc(O)c(O)c(O)c4)c3)[C@H]2OC(=O)c2cc(O)c(O)c(O)c2)cc(O)c1O)c1cc(O)c(O)c(O)c1. The molecule has 2 heterocycles. The summed E-state index contributed by atoms with van der Waals surface area (Å²) in [5.41, 5.74) is -9.07. The van der Waals surface area contributed by atoms with Gasteiger partial charge in [0.2, 0.25) is 35.4 Å². The van der Waals surface area contributed by atoms with Crippen molar-refractivity contribution in [3.63, 3.8) is 0 Å². The van der Waals surface area contributed by atoms with Gasteiger partial charge in [0.1, 0.15) is 12.7 Å². The topological polar surface area (TPSA) is 578 Å². The Morgan fingerprint density at radius 3 is 1.06 bits per heavy atom. The first-order chi connectivity index (χ1) is 41.8. The van der Waals surface area contributed by atoms with E-state index in [9.17, 15) is 131 Å². The molecular weight excluding hydrogens is 1200 g/mol. The van der Waals surface area contributed by atoms with E-state index in [1.807, 2.05) is 0 Å². The highest BCUT2D eigenvalue weighted by Crippen LogP contribution is 2.53. The molecular formula is C55H38O34. The minimum atomic E-state index is -2.80. The molecule has 2 aliphatic heterocycles. The Labute approximate surface area is 490 Å². The van der Waals surface area contributed by atoms with Gasteiger partial charge in [-0.05, 0) is 72.8 Å². The highest BCUT2D eigenvalue weighted by molar-refractivity contribution is 6.08. The van der Waals surface area contributed by atoms with Crippen molar-refractivity contribution in [2.45, 2.75) is 30.7 Å². The minimum absolute atomic E-state index is 0.328. The summed E-state index contributed by atoms with van der Waals surface area (Å²) in [4.78, 5) is 98.8.